The topological polar surface area (TPSA) is 92.2 Å². The van der Waals surface area contributed by atoms with Crippen molar-refractivity contribution in [2.24, 2.45) is 0 Å². The van der Waals surface area contributed by atoms with Gasteiger partial charge in [0.05, 0.1) is 0 Å². The Labute approximate surface area is 339 Å². The molecule has 46 heavy (non-hydrogen) atoms. The molecule has 0 spiro atoms. The summed E-state index contributed by atoms with van der Waals surface area (Å²) in [6, 6.07) is 22.4. The Morgan fingerprint density at radius 3 is 0.891 bits per heavy atom. The molecule has 0 fully saturated rings. The Morgan fingerprint density at radius 1 is 0.370 bits per heavy atom. The number of aryl methyl sites for hydroxylation is 4. The van der Waals surface area contributed by atoms with Gasteiger partial charge in [-0.2, -0.15) is 0 Å². The van der Waals surface area contributed by atoms with Gasteiger partial charge in [-0.1, -0.05) is 162 Å². The van der Waals surface area contributed by atoms with Crippen LogP contribution in [0.2, 0.25) is 0 Å². The van der Waals surface area contributed by atoms with Gasteiger partial charge in [0.2, 0.25) is 0 Å². The smallest absolute Gasteiger partial charge is 0.872 e. The molecule has 6 heteroatoms. The molecule has 0 bridgehead atoms. The maximum Gasteiger partial charge on any atom is 2.00 e. The summed E-state index contributed by atoms with van der Waals surface area (Å²) in [5, 5.41) is 44.9. The Morgan fingerprint density at radius 2 is 0.674 bits per heavy atom. The summed E-state index contributed by atoms with van der Waals surface area (Å²) in [5.74, 6) is 2.20. The summed E-state index contributed by atoms with van der Waals surface area (Å²) in [6.07, 6.45) is 0. The summed E-state index contributed by atoms with van der Waals surface area (Å²) in [5.41, 5.74) is 7.81. The minimum Gasteiger partial charge on any atom is -0.872 e. The molecule has 0 aliphatic rings. The molecule has 0 saturated carbocycles. The molecule has 0 unspecified atom stereocenters. The third kappa shape index (κ3) is 16.6. The van der Waals surface area contributed by atoms with E-state index in [-0.39, 0.29) is 98.5 Å². The SMILES string of the molecule is Cc1ccc(C(C)C)c([O-])c1.Cc1ccc(C(C)C)c([O-])c1.Cc1ccc(C(C)C)cc1[O-].Cc1ccc(C(C)C)cc1[O-].[Ca+2].[Ca+2]. The summed E-state index contributed by atoms with van der Waals surface area (Å²) in [4.78, 5) is 0. The zero-order valence-electron chi connectivity index (χ0n) is 30.3. The molecule has 0 atom stereocenters. The number of hydrogen-bond acceptors (Lipinski definition) is 4. The first-order chi connectivity index (χ1) is 20.4. The predicted octanol–water partition coefficient (Wildman–Crippen LogP) is 8.01. The van der Waals surface area contributed by atoms with Crippen molar-refractivity contribution in [3.05, 3.63) is 117 Å². The van der Waals surface area contributed by atoms with Crippen LogP contribution in [0.3, 0.4) is 0 Å². The van der Waals surface area contributed by atoms with Crippen molar-refractivity contribution in [2.75, 3.05) is 0 Å². The monoisotopic (exact) mass is 676 g/mol. The van der Waals surface area contributed by atoms with Gasteiger partial charge in [0.25, 0.3) is 0 Å². The average Bonchev–Trinajstić information content (AvgIpc) is 2.92. The van der Waals surface area contributed by atoms with Crippen LogP contribution in [0.1, 0.15) is 124 Å². The van der Waals surface area contributed by atoms with Gasteiger partial charge >= 0.3 is 75.5 Å². The van der Waals surface area contributed by atoms with Crippen molar-refractivity contribution in [3.8, 4) is 23.0 Å². The summed E-state index contributed by atoms with van der Waals surface area (Å²) < 4.78 is 0. The van der Waals surface area contributed by atoms with Gasteiger partial charge in [0.1, 0.15) is 0 Å². The minimum atomic E-state index is 0. The number of benzene rings is 4. The second-order valence-electron chi connectivity index (χ2n) is 12.8. The van der Waals surface area contributed by atoms with Crippen LogP contribution in [0, 0.1) is 27.7 Å². The molecule has 4 nitrogen and oxygen atoms in total. The fourth-order valence-corrected chi connectivity index (χ4v) is 4.19. The Hall–Kier alpha value is -1.40. The first kappa shape index (κ1) is 46.7. The first-order valence-corrected chi connectivity index (χ1v) is 15.5. The second kappa shape index (κ2) is 23.0. The Bertz CT molecular complexity index is 1350. The van der Waals surface area contributed by atoms with Crippen molar-refractivity contribution in [1.82, 2.24) is 0 Å². The largest absolute Gasteiger partial charge is 2.00 e. The molecule has 0 aliphatic heterocycles. The van der Waals surface area contributed by atoms with Gasteiger partial charge in [-0.15, -0.1) is 23.0 Å². The van der Waals surface area contributed by atoms with Crippen LogP contribution < -0.4 is 20.4 Å². The average molecular weight is 677 g/mol. The minimum absolute atomic E-state index is 0. The molecular formula is C40H52Ca2O4. The molecule has 0 saturated heterocycles. The molecular weight excluding hydrogens is 625 g/mol. The van der Waals surface area contributed by atoms with E-state index in [0.717, 1.165) is 44.5 Å². The number of rotatable bonds is 4. The Balaban J connectivity index is 0. The van der Waals surface area contributed by atoms with Crippen molar-refractivity contribution in [2.45, 2.75) is 107 Å². The normalized spacial score (nSPS) is 10.1. The summed E-state index contributed by atoms with van der Waals surface area (Å²) in [6.45, 7) is 24.0. The van der Waals surface area contributed by atoms with Crippen LogP contribution in [0.5, 0.6) is 23.0 Å². The molecule has 0 N–H and O–H groups in total. The summed E-state index contributed by atoms with van der Waals surface area (Å²) in [7, 11) is 0. The van der Waals surface area contributed by atoms with Gasteiger partial charge in [0, 0.05) is 0 Å². The Kier molecular flexibility index (Phi) is 23.4. The predicted molar refractivity (Wildman–Crippen MR) is 190 cm³/mol. The van der Waals surface area contributed by atoms with Crippen LogP contribution in [0.15, 0.2) is 72.8 Å². The van der Waals surface area contributed by atoms with E-state index < -0.39 is 0 Å². The van der Waals surface area contributed by atoms with Crippen LogP contribution >= 0.6 is 0 Å². The third-order valence-corrected chi connectivity index (χ3v) is 7.34. The standard InChI is InChI=1S/4C10H14O.2Ca/c2*1-7(2)9-5-4-8(3)10(11)6-9;2*1-7(2)9-5-4-8(3)6-10(9)11;;/h4*4-7,11H,1-3H3;;/q;;;;2*+2/p-4. The van der Waals surface area contributed by atoms with E-state index in [9.17, 15) is 20.4 Å². The van der Waals surface area contributed by atoms with E-state index in [1.807, 2.05) is 104 Å². The van der Waals surface area contributed by atoms with E-state index in [2.05, 4.69) is 27.7 Å². The van der Waals surface area contributed by atoms with E-state index in [1.54, 1.807) is 24.3 Å². The molecule has 0 amide bonds. The fourth-order valence-electron chi connectivity index (χ4n) is 4.19. The molecule has 4 aromatic carbocycles. The van der Waals surface area contributed by atoms with Gasteiger partial charge in [0.15, 0.2) is 0 Å². The van der Waals surface area contributed by atoms with E-state index in [1.165, 1.54) is 0 Å². The fraction of sp³-hybridized carbons (Fsp3) is 0.400. The maximum absolute atomic E-state index is 11.3. The van der Waals surface area contributed by atoms with Gasteiger partial charge in [-0.05, 0) is 62.5 Å². The zero-order valence-corrected chi connectivity index (χ0v) is 34.7. The molecule has 0 aromatic heterocycles. The number of hydrogen-bond donors (Lipinski definition) is 0. The van der Waals surface area contributed by atoms with Crippen molar-refractivity contribution < 1.29 is 20.4 Å². The molecule has 0 heterocycles. The molecule has 0 radical (unpaired) electrons. The van der Waals surface area contributed by atoms with Gasteiger partial charge in [-0.25, -0.2) is 0 Å². The van der Waals surface area contributed by atoms with Gasteiger partial charge in [-0.3, -0.25) is 0 Å². The summed E-state index contributed by atoms with van der Waals surface area (Å²) >= 11 is 0. The maximum atomic E-state index is 11.3. The van der Waals surface area contributed by atoms with E-state index in [4.69, 9.17) is 0 Å². The van der Waals surface area contributed by atoms with Crippen molar-refractivity contribution in [3.63, 3.8) is 0 Å². The van der Waals surface area contributed by atoms with E-state index in [0.29, 0.717) is 23.7 Å². The molecule has 4 aromatic rings. The van der Waals surface area contributed by atoms with Gasteiger partial charge < -0.3 is 20.4 Å². The quantitative estimate of drug-likeness (QED) is 0.205. The molecule has 240 valence electrons. The third-order valence-electron chi connectivity index (χ3n) is 7.34. The molecule has 0 aliphatic carbocycles. The van der Waals surface area contributed by atoms with Crippen LogP contribution in [-0.4, -0.2) is 75.5 Å². The van der Waals surface area contributed by atoms with Crippen LogP contribution in [0.4, 0.5) is 0 Å². The van der Waals surface area contributed by atoms with Crippen molar-refractivity contribution >= 4 is 75.5 Å². The van der Waals surface area contributed by atoms with E-state index >= 15 is 0 Å². The first-order valence-electron chi connectivity index (χ1n) is 15.5. The zero-order chi connectivity index (χ0) is 33.7. The second-order valence-corrected chi connectivity index (χ2v) is 12.8. The molecule has 4 rings (SSSR count). The van der Waals surface area contributed by atoms with Crippen LogP contribution in [0.25, 0.3) is 0 Å². The van der Waals surface area contributed by atoms with Crippen LogP contribution in [-0.2, 0) is 0 Å². The van der Waals surface area contributed by atoms with Crippen molar-refractivity contribution in [1.29, 1.82) is 0 Å².